The molecule has 0 bridgehead atoms. The monoisotopic (exact) mass is 940 g/mol. The largest absolute Gasteiger partial charge is 0.394 e. The molecule has 0 aliphatic heterocycles. The molecule has 2 atom stereocenters. The fraction of sp³-hybridized carbons (Fsp3) is 0.672. The lowest BCUT2D eigenvalue weighted by molar-refractivity contribution is -0.123. The average molecular weight is 941 g/mol. The van der Waals surface area contributed by atoms with Gasteiger partial charge in [0.05, 0.1) is 18.8 Å². The zero-order chi connectivity index (χ0) is 49.2. The maximum Gasteiger partial charge on any atom is 0.220 e. The topological polar surface area (TPSA) is 69.6 Å². The summed E-state index contributed by atoms with van der Waals surface area (Å²) in [5, 5.41) is 23.1. The van der Waals surface area contributed by atoms with Crippen LogP contribution < -0.4 is 5.32 Å². The number of aliphatic hydroxyl groups excluding tert-OH is 2. The molecule has 3 N–H and O–H groups in total. The molecule has 0 fully saturated rings. The summed E-state index contributed by atoms with van der Waals surface area (Å²) >= 11 is 0. The van der Waals surface area contributed by atoms with Crippen LogP contribution in [0.4, 0.5) is 0 Å². The Bertz CT molecular complexity index is 1340. The molecule has 0 radical (unpaired) electrons. The third-order valence-corrected chi connectivity index (χ3v) is 12.4. The second-order valence-corrected chi connectivity index (χ2v) is 19.0. The van der Waals surface area contributed by atoms with Gasteiger partial charge in [0.15, 0.2) is 0 Å². The molecule has 0 saturated carbocycles. The Morgan fingerprint density at radius 3 is 1.03 bits per heavy atom. The number of unbranched alkanes of at least 4 members (excludes halogenated alkanes) is 26. The van der Waals surface area contributed by atoms with Crippen molar-refractivity contribution in [3.63, 3.8) is 0 Å². The van der Waals surface area contributed by atoms with E-state index in [9.17, 15) is 15.0 Å². The molecule has 68 heavy (non-hydrogen) atoms. The average Bonchev–Trinajstić information content (AvgIpc) is 3.34. The van der Waals surface area contributed by atoms with Crippen LogP contribution in [-0.2, 0) is 4.79 Å². The van der Waals surface area contributed by atoms with Crippen LogP contribution in [0.5, 0.6) is 0 Å². The third kappa shape index (κ3) is 53.7. The van der Waals surface area contributed by atoms with Crippen molar-refractivity contribution in [2.24, 2.45) is 0 Å². The first-order valence-electron chi connectivity index (χ1n) is 28.7. The van der Waals surface area contributed by atoms with Gasteiger partial charge in [-0.2, -0.15) is 0 Å². The Labute approximate surface area is 422 Å². The first-order chi connectivity index (χ1) is 33.7. The van der Waals surface area contributed by atoms with E-state index in [0.29, 0.717) is 6.42 Å². The van der Waals surface area contributed by atoms with E-state index < -0.39 is 12.1 Å². The summed E-state index contributed by atoms with van der Waals surface area (Å²) in [5.41, 5.74) is 0. The van der Waals surface area contributed by atoms with E-state index in [-0.39, 0.29) is 12.5 Å². The standard InChI is InChI=1S/C64H109NO3/c1-3-5-7-9-11-13-15-17-19-21-23-24-25-26-27-28-29-30-31-32-33-34-35-36-37-38-39-40-42-44-46-48-50-52-54-56-58-60-64(68)65-62(61-66)63(67)59-57-55-53-51-49-47-45-43-41-22-20-18-16-14-12-10-8-6-4-2/h5,7,11,13,17,19,23-24,26-27,29-30,32-33,41,43,49,51,57,59,62-63,66-67H,3-4,6,8-10,12,14-16,18,20-22,25,28,31,34-40,42,44-48,50,52-56,58,60-61H2,1-2H3,(H,65,68)/b7-5-,13-11-,19-17-,24-23-,27-26-,30-29-,33-32-,43-41+,51-49+,59-57+. The molecule has 0 heterocycles. The molecule has 0 aromatic rings. The van der Waals surface area contributed by atoms with Gasteiger partial charge in [0.1, 0.15) is 0 Å². The van der Waals surface area contributed by atoms with Crippen molar-refractivity contribution in [1.29, 1.82) is 0 Å². The number of nitrogens with one attached hydrogen (secondary N) is 1. The van der Waals surface area contributed by atoms with Gasteiger partial charge in [0.25, 0.3) is 0 Å². The molecule has 4 nitrogen and oxygen atoms in total. The fourth-order valence-electron chi connectivity index (χ4n) is 8.07. The van der Waals surface area contributed by atoms with Gasteiger partial charge < -0.3 is 15.5 Å². The number of carbonyl (C=O) groups excluding carboxylic acids is 1. The molecule has 0 aromatic carbocycles. The van der Waals surface area contributed by atoms with Crippen LogP contribution >= 0.6 is 0 Å². The summed E-state index contributed by atoms with van der Waals surface area (Å²) in [7, 11) is 0. The SMILES string of the molecule is CC/C=C\C/C=C\C/C=C\C/C=C\C/C=C\C/C=C\C/C=C\CCCCCCCCCCCCCCCCCC(=O)NC(CO)C(O)/C=C/CC/C=C/CC/C=C/CCCCCCCCCCC. The molecule has 0 aliphatic rings. The van der Waals surface area contributed by atoms with E-state index in [1.807, 2.05) is 6.08 Å². The van der Waals surface area contributed by atoms with Crippen molar-refractivity contribution in [3.05, 3.63) is 122 Å². The highest BCUT2D eigenvalue weighted by molar-refractivity contribution is 5.76. The predicted molar refractivity (Wildman–Crippen MR) is 303 cm³/mol. The molecule has 0 aliphatic carbocycles. The number of allylic oxidation sites excluding steroid dienone is 19. The van der Waals surface area contributed by atoms with Crippen molar-refractivity contribution in [3.8, 4) is 0 Å². The highest BCUT2D eigenvalue weighted by Crippen LogP contribution is 2.15. The summed E-state index contributed by atoms with van der Waals surface area (Å²) in [6.07, 6.45) is 89.3. The van der Waals surface area contributed by atoms with Gasteiger partial charge in [0, 0.05) is 6.42 Å². The Kier molecular flexibility index (Phi) is 55.4. The summed E-state index contributed by atoms with van der Waals surface area (Å²) < 4.78 is 0. The summed E-state index contributed by atoms with van der Waals surface area (Å²) in [5.74, 6) is -0.0813. The molecule has 0 spiro atoms. The van der Waals surface area contributed by atoms with Crippen LogP contribution in [0, 0.1) is 0 Å². The van der Waals surface area contributed by atoms with Gasteiger partial charge in [-0.15, -0.1) is 0 Å². The van der Waals surface area contributed by atoms with Crippen LogP contribution in [0.2, 0.25) is 0 Å². The quantitative estimate of drug-likeness (QED) is 0.0420. The highest BCUT2D eigenvalue weighted by atomic mass is 16.3. The smallest absolute Gasteiger partial charge is 0.220 e. The molecule has 0 saturated heterocycles. The maximum absolute atomic E-state index is 12.5. The molecule has 1 amide bonds. The van der Waals surface area contributed by atoms with Gasteiger partial charge in [-0.3, -0.25) is 4.79 Å². The lowest BCUT2D eigenvalue weighted by Crippen LogP contribution is -2.45. The molecule has 4 heteroatoms. The number of amides is 1. The Morgan fingerprint density at radius 2 is 0.662 bits per heavy atom. The van der Waals surface area contributed by atoms with Gasteiger partial charge in [-0.1, -0.05) is 270 Å². The normalized spacial score (nSPS) is 13.8. The third-order valence-electron chi connectivity index (χ3n) is 12.4. The van der Waals surface area contributed by atoms with E-state index in [0.717, 1.165) is 83.5 Å². The van der Waals surface area contributed by atoms with Crippen molar-refractivity contribution in [1.82, 2.24) is 5.32 Å². The van der Waals surface area contributed by atoms with Crippen molar-refractivity contribution in [2.45, 2.75) is 270 Å². The van der Waals surface area contributed by atoms with E-state index in [4.69, 9.17) is 0 Å². The predicted octanol–water partition coefficient (Wildman–Crippen LogP) is 19.2. The minimum Gasteiger partial charge on any atom is -0.394 e. The summed E-state index contributed by atoms with van der Waals surface area (Å²) in [6.45, 7) is 4.18. The van der Waals surface area contributed by atoms with E-state index in [2.05, 4.69) is 129 Å². The molecule has 2 unspecified atom stereocenters. The Morgan fingerprint density at radius 1 is 0.368 bits per heavy atom. The van der Waals surface area contributed by atoms with Crippen LogP contribution in [0.1, 0.15) is 258 Å². The minimum atomic E-state index is -0.877. The van der Waals surface area contributed by atoms with Gasteiger partial charge in [-0.25, -0.2) is 0 Å². The van der Waals surface area contributed by atoms with Crippen molar-refractivity contribution in [2.75, 3.05) is 6.61 Å². The van der Waals surface area contributed by atoms with E-state index in [1.165, 1.54) is 154 Å². The number of rotatable bonds is 51. The Hall–Kier alpha value is -3.21. The lowest BCUT2D eigenvalue weighted by atomic mass is 10.0. The zero-order valence-corrected chi connectivity index (χ0v) is 44.6. The maximum atomic E-state index is 12.5. The number of hydrogen-bond donors (Lipinski definition) is 3. The van der Waals surface area contributed by atoms with E-state index in [1.54, 1.807) is 6.08 Å². The molecular weight excluding hydrogens is 831 g/mol. The fourth-order valence-corrected chi connectivity index (χ4v) is 8.07. The van der Waals surface area contributed by atoms with Crippen LogP contribution in [-0.4, -0.2) is 34.9 Å². The van der Waals surface area contributed by atoms with Gasteiger partial charge in [-0.05, 0) is 103 Å². The molecule has 0 rings (SSSR count). The number of carbonyl (C=O) groups is 1. The summed E-state index contributed by atoms with van der Waals surface area (Å²) in [4.78, 5) is 12.5. The number of hydrogen-bond acceptors (Lipinski definition) is 3. The second-order valence-electron chi connectivity index (χ2n) is 19.0. The molecule has 388 valence electrons. The van der Waals surface area contributed by atoms with Crippen molar-refractivity contribution >= 4 is 5.91 Å². The van der Waals surface area contributed by atoms with Crippen molar-refractivity contribution < 1.29 is 15.0 Å². The zero-order valence-electron chi connectivity index (χ0n) is 44.6. The van der Waals surface area contributed by atoms with Crippen LogP contribution in [0.3, 0.4) is 0 Å². The van der Waals surface area contributed by atoms with E-state index >= 15 is 0 Å². The first kappa shape index (κ1) is 64.8. The van der Waals surface area contributed by atoms with Gasteiger partial charge in [0.2, 0.25) is 5.91 Å². The van der Waals surface area contributed by atoms with Crippen LogP contribution in [0.25, 0.3) is 0 Å². The Balaban J connectivity index is 3.58. The molecule has 0 aromatic heterocycles. The number of aliphatic hydroxyl groups is 2. The van der Waals surface area contributed by atoms with Crippen LogP contribution in [0.15, 0.2) is 122 Å². The lowest BCUT2D eigenvalue weighted by Gasteiger charge is -2.19. The second kappa shape index (κ2) is 58.1. The highest BCUT2D eigenvalue weighted by Gasteiger charge is 2.17. The van der Waals surface area contributed by atoms with Gasteiger partial charge >= 0.3 is 0 Å². The summed E-state index contributed by atoms with van der Waals surface area (Å²) in [6, 6.07) is -0.653. The molecular formula is C64H109NO3. The first-order valence-corrected chi connectivity index (χ1v) is 28.7. The minimum absolute atomic E-state index is 0.0813.